The Labute approximate surface area is 81.3 Å². The van der Waals surface area contributed by atoms with Crippen molar-refractivity contribution in [3.8, 4) is 0 Å². The minimum Gasteiger partial charge on any atom is -0.298 e. The zero-order valence-electron chi connectivity index (χ0n) is 9.10. The van der Waals surface area contributed by atoms with E-state index in [0.29, 0.717) is 24.2 Å². The SMILES string of the molecule is CCC(=O)CN1CCC(C)(C)CC1. The molecular formula is C11H21NO. The molecule has 2 heteroatoms. The van der Waals surface area contributed by atoms with Gasteiger partial charge in [-0.3, -0.25) is 9.69 Å². The molecule has 0 N–H and O–H groups in total. The number of piperidine rings is 1. The fourth-order valence-corrected chi connectivity index (χ4v) is 1.68. The third kappa shape index (κ3) is 3.47. The van der Waals surface area contributed by atoms with Gasteiger partial charge in [0, 0.05) is 6.42 Å². The Balaban J connectivity index is 2.29. The van der Waals surface area contributed by atoms with Crippen LogP contribution < -0.4 is 0 Å². The van der Waals surface area contributed by atoms with Gasteiger partial charge in [0.1, 0.15) is 5.78 Å². The Morgan fingerprint density at radius 1 is 1.31 bits per heavy atom. The minimum atomic E-state index is 0.375. The average molecular weight is 183 g/mol. The summed E-state index contributed by atoms with van der Waals surface area (Å²) in [6.07, 6.45) is 3.13. The lowest BCUT2D eigenvalue weighted by molar-refractivity contribution is -0.120. The molecule has 0 bridgehead atoms. The summed E-state index contributed by atoms with van der Waals surface area (Å²) in [5.41, 5.74) is 0.492. The van der Waals surface area contributed by atoms with Crippen LogP contribution in [-0.2, 0) is 4.79 Å². The molecule has 2 nitrogen and oxygen atoms in total. The van der Waals surface area contributed by atoms with Gasteiger partial charge in [0.2, 0.25) is 0 Å². The van der Waals surface area contributed by atoms with Gasteiger partial charge < -0.3 is 0 Å². The summed E-state index contributed by atoms with van der Waals surface area (Å²) < 4.78 is 0. The molecule has 0 atom stereocenters. The van der Waals surface area contributed by atoms with Crippen LogP contribution in [-0.4, -0.2) is 30.3 Å². The maximum Gasteiger partial charge on any atom is 0.146 e. The van der Waals surface area contributed by atoms with Crippen molar-refractivity contribution in [1.82, 2.24) is 4.90 Å². The highest BCUT2D eigenvalue weighted by Gasteiger charge is 2.25. The third-order valence-corrected chi connectivity index (χ3v) is 3.00. The van der Waals surface area contributed by atoms with Crippen LogP contribution in [0.2, 0.25) is 0 Å². The second-order valence-electron chi connectivity index (χ2n) is 4.83. The predicted molar refractivity (Wildman–Crippen MR) is 54.8 cm³/mol. The topological polar surface area (TPSA) is 20.3 Å². The van der Waals surface area contributed by atoms with E-state index in [2.05, 4.69) is 18.7 Å². The largest absolute Gasteiger partial charge is 0.298 e. The summed E-state index contributed by atoms with van der Waals surface area (Å²) in [5.74, 6) is 0.375. The van der Waals surface area contributed by atoms with Crippen LogP contribution >= 0.6 is 0 Å². The van der Waals surface area contributed by atoms with Crippen molar-refractivity contribution in [2.75, 3.05) is 19.6 Å². The first-order valence-corrected chi connectivity index (χ1v) is 5.27. The van der Waals surface area contributed by atoms with Gasteiger partial charge in [-0.05, 0) is 31.3 Å². The van der Waals surface area contributed by atoms with E-state index in [0.717, 1.165) is 13.1 Å². The molecule has 1 saturated heterocycles. The Bertz CT molecular complexity index is 177. The molecule has 1 aliphatic rings. The summed E-state index contributed by atoms with van der Waals surface area (Å²) in [4.78, 5) is 13.5. The molecule has 0 unspecified atom stereocenters. The summed E-state index contributed by atoms with van der Waals surface area (Å²) in [5, 5.41) is 0. The zero-order chi connectivity index (χ0) is 9.90. The molecular weight excluding hydrogens is 162 g/mol. The van der Waals surface area contributed by atoms with Crippen LogP contribution in [0.1, 0.15) is 40.0 Å². The maximum atomic E-state index is 11.2. The van der Waals surface area contributed by atoms with Crippen LogP contribution in [0.3, 0.4) is 0 Å². The smallest absolute Gasteiger partial charge is 0.146 e. The maximum absolute atomic E-state index is 11.2. The monoisotopic (exact) mass is 183 g/mol. The number of rotatable bonds is 3. The number of Topliss-reactive ketones (excluding diaryl/α,β-unsaturated/α-hetero) is 1. The van der Waals surface area contributed by atoms with Crippen molar-refractivity contribution in [2.45, 2.75) is 40.0 Å². The molecule has 0 spiro atoms. The Morgan fingerprint density at radius 3 is 2.31 bits per heavy atom. The van der Waals surface area contributed by atoms with Gasteiger partial charge in [-0.2, -0.15) is 0 Å². The van der Waals surface area contributed by atoms with Gasteiger partial charge in [0.05, 0.1) is 6.54 Å². The van der Waals surface area contributed by atoms with E-state index in [4.69, 9.17) is 0 Å². The highest BCUT2D eigenvalue weighted by Crippen LogP contribution is 2.29. The molecule has 0 aromatic rings. The molecule has 0 aromatic heterocycles. The second kappa shape index (κ2) is 4.23. The first-order chi connectivity index (χ1) is 6.03. The molecule has 0 radical (unpaired) electrons. The molecule has 0 aromatic carbocycles. The molecule has 0 amide bonds. The molecule has 1 heterocycles. The lowest BCUT2D eigenvalue weighted by Crippen LogP contribution is -2.39. The predicted octanol–water partition coefficient (Wildman–Crippen LogP) is 2.09. The lowest BCUT2D eigenvalue weighted by atomic mass is 9.82. The van der Waals surface area contributed by atoms with E-state index in [-0.39, 0.29) is 0 Å². The van der Waals surface area contributed by atoms with Crippen molar-refractivity contribution >= 4 is 5.78 Å². The standard InChI is InChI=1S/C11H21NO/c1-4-10(13)9-12-7-5-11(2,3)6-8-12/h4-9H2,1-3H3. The van der Waals surface area contributed by atoms with E-state index in [1.807, 2.05) is 6.92 Å². The number of hydrogen-bond donors (Lipinski definition) is 0. The van der Waals surface area contributed by atoms with Gasteiger partial charge in [-0.25, -0.2) is 0 Å². The van der Waals surface area contributed by atoms with E-state index in [1.54, 1.807) is 0 Å². The number of carbonyl (C=O) groups excluding carboxylic acids is 1. The van der Waals surface area contributed by atoms with Crippen LogP contribution in [0.4, 0.5) is 0 Å². The van der Waals surface area contributed by atoms with E-state index >= 15 is 0 Å². The number of likely N-dealkylation sites (tertiary alicyclic amines) is 1. The van der Waals surface area contributed by atoms with Gasteiger partial charge in [0.25, 0.3) is 0 Å². The molecule has 13 heavy (non-hydrogen) atoms. The number of nitrogens with zero attached hydrogens (tertiary/aromatic N) is 1. The van der Waals surface area contributed by atoms with Crippen molar-refractivity contribution in [3.63, 3.8) is 0 Å². The fourth-order valence-electron chi connectivity index (χ4n) is 1.68. The van der Waals surface area contributed by atoms with Crippen LogP contribution in [0.5, 0.6) is 0 Å². The van der Waals surface area contributed by atoms with E-state index in [1.165, 1.54) is 12.8 Å². The van der Waals surface area contributed by atoms with Crippen molar-refractivity contribution in [3.05, 3.63) is 0 Å². The average Bonchev–Trinajstić information content (AvgIpc) is 2.08. The molecule has 1 rings (SSSR count). The van der Waals surface area contributed by atoms with Crippen LogP contribution in [0.25, 0.3) is 0 Å². The number of hydrogen-bond acceptors (Lipinski definition) is 2. The normalized spacial score (nSPS) is 23.0. The van der Waals surface area contributed by atoms with E-state index < -0.39 is 0 Å². The summed E-state index contributed by atoms with van der Waals surface area (Å²) in [7, 11) is 0. The summed E-state index contributed by atoms with van der Waals surface area (Å²) in [6.45, 7) is 9.43. The Kier molecular flexibility index (Phi) is 3.48. The molecule has 1 fully saturated rings. The highest BCUT2D eigenvalue weighted by molar-refractivity contribution is 5.80. The second-order valence-corrected chi connectivity index (χ2v) is 4.83. The lowest BCUT2D eigenvalue weighted by Gasteiger charge is -2.36. The van der Waals surface area contributed by atoms with Crippen LogP contribution in [0, 0.1) is 5.41 Å². The number of ketones is 1. The fraction of sp³-hybridized carbons (Fsp3) is 0.909. The summed E-state index contributed by atoms with van der Waals surface area (Å²) in [6, 6.07) is 0. The molecule has 76 valence electrons. The van der Waals surface area contributed by atoms with Crippen molar-refractivity contribution in [1.29, 1.82) is 0 Å². The minimum absolute atomic E-state index is 0.375. The molecule has 0 aliphatic carbocycles. The first kappa shape index (κ1) is 10.7. The quantitative estimate of drug-likeness (QED) is 0.667. The van der Waals surface area contributed by atoms with Gasteiger partial charge >= 0.3 is 0 Å². The third-order valence-electron chi connectivity index (χ3n) is 3.00. The van der Waals surface area contributed by atoms with Crippen molar-refractivity contribution < 1.29 is 4.79 Å². The van der Waals surface area contributed by atoms with Gasteiger partial charge in [-0.1, -0.05) is 20.8 Å². The molecule has 1 aliphatic heterocycles. The van der Waals surface area contributed by atoms with E-state index in [9.17, 15) is 4.79 Å². The van der Waals surface area contributed by atoms with Crippen molar-refractivity contribution in [2.24, 2.45) is 5.41 Å². The zero-order valence-corrected chi connectivity index (χ0v) is 9.10. The van der Waals surface area contributed by atoms with Crippen LogP contribution in [0.15, 0.2) is 0 Å². The van der Waals surface area contributed by atoms with Gasteiger partial charge in [0.15, 0.2) is 0 Å². The number of carbonyl (C=O) groups is 1. The first-order valence-electron chi connectivity index (χ1n) is 5.27. The Hall–Kier alpha value is -0.370. The van der Waals surface area contributed by atoms with Gasteiger partial charge in [-0.15, -0.1) is 0 Å². The Morgan fingerprint density at radius 2 is 1.85 bits per heavy atom. The summed E-state index contributed by atoms with van der Waals surface area (Å²) >= 11 is 0. The molecule has 0 saturated carbocycles. The highest BCUT2D eigenvalue weighted by atomic mass is 16.1.